The van der Waals surface area contributed by atoms with E-state index in [1.165, 1.54) is 6.42 Å². The second-order valence-corrected chi connectivity index (χ2v) is 2.43. The first-order valence-corrected chi connectivity index (χ1v) is 3.17. The van der Waals surface area contributed by atoms with Gasteiger partial charge in [0.25, 0.3) is 0 Å². The van der Waals surface area contributed by atoms with Crippen molar-refractivity contribution in [3.05, 3.63) is 0 Å². The van der Waals surface area contributed by atoms with Gasteiger partial charge in [-0.25, -0.2) is 5.11 Å². The van der Waals surface area contributed by atoms with Crippen LogP contribution in [0.5, 0.6) is 0 Å². The number of hydrogen-bond donors (Lipinski definition) is 0. The third-order valence-corrected chi connectivity index (χ3v) is 1.70. The molecule has 0 amide bonds. The summed E-state index contributed by atoms with van der Waals surface area (Å²) in [5.74, 6) is 0. The first kappa shape index (κ1) is 6.05. The lowest BCUT2D eigenvalue weighted by Gasteiger charge is -2.25. The molecule has 0 aromatic heterocycles. The lowest BCUT2D eigenvalue weighted by molar-refractivity contribution is -0.0568. The van der Waals surface area contributed by atoms with Crippen molar-refractivity contribution in [2.75, 3.05) is 13.6 Å². The van der Waals surface area contributed by atoms with Crippen LogP contribution in [0, 0.1) is 0 Å². The molecule has 1 unspecified atom stereocenters. The van der Waals surface area contributed by atoms with Crippen LogP contribution < -0.4 is 0 Å². The Bertz CT molecular complexity index is 64.9. The van der Waals surface area contributed by atoms with E-state index in [-0.39, 0.29) is 0 Å². The van der Waals surface area contributed by atoms with E-state index in [4.69, 9.17) is 0 Å². The van der Waals surface area contributed by atoms with Crippen LogP contribution in [0.15, 0.2) is 0 Å². The molecule has 0 N–H and O–H groups in total. The molecule has 0 saturated carbocycles. The van der Waals surface area contributed by atoms with Gasteiger partial charge in [0, 0.05) is 6.54 Å². The summed E-state index contributed by atoms with van der Waals surface area (Å²) in [4.78, 5) is 1.88. The first-order chi connectivity index (χ1) is 3.80. The largest absolute Gasteiger partial charge is 0.279 e. The standard InChI is InChI=1S/C6H12NO/c1-7-5-3-2-4-6(7)8/h6H,2-5H2,1H3. The molecule has 0 spiro atoms. The van der Waals surface area contributed by atoms with Crippen molar-refractivity contribution in [3.63, 3.8) is 0 Å². The van der Waals surface area contributed by atoms with Crippen molar-refractivity contribution < 1.29 is 5.11 Å². The highest BCUT2D eigenvalue weighted by Crippen LogP contribution is 2.11. The molecule has 1 aliphatic heterocycles. The Kier molecular flexibility index (Phi) is 1.86. The molecular weight excluding hydrogens is 102 g/mol. The number of nitrogens with zero attached hydrogens (tertiary/aromatic N) is 1. The van der Waals surface area contributed by atoms with E-state index in [0.29, 0.717) is 0 Å². The maximum Gasteiger partial charge on any atom is 0.146 e. The topological polar surface area (TPSA) is 23.1 Å². The third kappa shape index (κ3) is 1.20. The molecule has 1 rings (SSSR count). The van der Waals surface area contributed by atoms with E-state index in [2.05, 4.69) is 0 Å². The zero-order chi connectivity index (χ0) is 5.98. The SMILES string of the molecule is CN1CCCCC1[O]. The highest BCUT2D eigenvalue weighted by Gasteiger charge is 2.15. The van der Waals surface area contributed by atoms with Gasteiger partial charge in [-0.2, -0.15) is 0 Å². The number of likely N-dealkylation sites (tertiary alicyclic amines) is 1. The Morgan fingerprint density at radius 3 is 2.62 bits per heavy atom. The van der Waals surface area contributed by atoms with Gasteiger partial charge in [0.05, 0.1) is 0 Å². The summed E-state index contributed by atoms with van der Waals surface area (Å²) >= 11 is 0. The molecule has 0 aliphatic carbocycles. The Morgan fingerprint density at radius 2 is 2.25 bits per heavy atom. The molecule has 1 fully saturated rings. The number of hydrogen-bond acceptors (Lipinski definition) is 1. The van der Waals surface area contributed by atoms with E-state index >= 15 is 0 Å². The zero-order valence-corrected chi connectivity index (χ0v) is 5.26. The van der Waals surface area contributed by atoms with Gasteiger partial charge in [-0.05, 0) is 26.3 Å². The maximum absolute atomic E-state index is 10.8. The molecule has 8 heavy (non-hydrogen) atoms. The van der Waals surface area contributed by atoms with E-state index in [9.17, 15) is 5.11 Å². The Balaban J connectivity index is 2.28. The summed E-state index contributed by atoms with van der Waals surface area (Å²) in [5, 5.41) is 10.8. The average Bonchev–Trinajstić information content (AvgIpc) is 1.77. The second kappa shape index (κ2) is 2.46. The molecule has 1 aliphatic rings. The van der Waals surface area contributed by atoms with Crippen molar-refractivity contribution in [2.24, 2.45) is 0 Å². The number of rotatable bonds is 0. The quantitative estimate of drug-likeness (QED) is 0.458. The first-order valence-electron chi connectivity index (χ1n) is 3.17. The van der Waals surface area contributed by atoms with Crippen LogP contribution >= 0.6 is 0 Å². The number of piperidine rings is 1. The fourth-order valence-corrected chi connectivity index (χ4v) is 1.04. The van der Waals surface area contributed by atoms with E-state index in [0.717, 1.165) is 19.4 Å². The molecule has 47 valence electrons. The molecular formula is C6H12NO. The van der Waals surface area contributed by atoms with E-state index in [1.54, 1.807) is 0 Å². The second-order valence-electron chi connectivity index (χ2n) is 2.43. The smallest absolute Gasteiger partial charge is 0.146 e. The predicted molar refractivity (Wildman–Crippen MR) is 31.0 cm³/mol. The molecule has 0 aromatic carbocycles. The lowest BCUT2D eigenvalue weighted by Crippen LogP contribution is -2.34. The van der Waals surface area contributed by atoms with Crippen LogP contribution in [0.25, 0.3) is 0 Å². The van der Waals surface area contributed by atoms with Gasteiger partial charge >= 0.3 is 0 Å². The minimum Gasteiger partial charge on any atom is -0.279 e. The molecule has 1 heterocycles. The van der Waals surface area contributed by atoms with Crippen molar-refractivity contribution >= 4 is 0 Å². The summed E-state index contributed by atoms with van der Waals surface area (Å²) in [7, 11) is 1.90. The maximum atomic E-state index is 10.8. The molecule has 2 nitrogen and oxygen atoms in total. The van der Waals surface area contributed by atoms with Gasteiger partial charge in [-0.15, -0.1) is 0 Å². The summed E-state index contributed by atoms with van der Waals surface area (Å²) < 4.78 is 0. The van der Waals surface area contributed by atoms with Gasteiger partial charge in [0.2, 0.25) is 0 Å². The fraction of sp³-hybridized carbons (Fsp3) is 1.00. The summed E-state index contributed by atoms with van der Waals surface area (Å²) in [5.41, 5.74) is 0. The van der Waals surface area contributed by atoms with Crippen LogP contribution in [0.4, 0.5) is 0 Å². The van der Waals surface area contributed by atoms with E-state index < -0.39 is 6.23 Å². The highest BCUT2D eigenvalue weighted by atomic mass is 16.3. The average molecular weight is 114 g/mol. The van der Waals surface area contributed by atoms with Gasteiger partial charge in [-0.1, -0.05) is 0 Å². The normalized spacial score (nSPS) is 33.0. The van der Waals surface area contributed by atoms with Crippen molar-refractivity contribution in [2.45, 2.75) is 25.5 Å². The minimum atomic E-state index is -0.413. The highest BCUT2D eigenvalue weighted by molar-refractivity contribution is 4.63. The third-order valence-electron chi connectivity index (χ3n) is 1.70. The molecule has 1 radical (unpaired) electrons. The Labute approximate surface area is 50.1 Å². The van der Waals surface area contributed by atoms with Crippen LogP contribution in [-0.4, -0.2) is 24.7 Å². The van der Waals surface area contributed by atoms with Crippen molar-refractivity contribution in [1.29, 1.82) is 0 Å². The van der Waals surface area contributed by atoms with Gasteiger partial charge in [0.15, 0.2) is 0 Å². The minimum absolute atomic E-state index is 0.413. The van der Waals surface area contributed by atoms with Crippen LogP contribution in [0.1, 0.15) is 19.3 Å². The zero-order valence-electron chi connectivity index (χ0n) is 5.26. The summed E-state index contributed by atoms with van der Waals surface area (Å²) in [6, 6.07) is 0. The van der Waals surface area contributed by atoms with Crippen molar-refractivity contribution in [1.82, 2.24) is 4.90 Å². The summed E-state index contributed by atoms with van der Waals surface area (Å²) in [6.07, 6.45) is 2.76. The van der Waals surface area contributed by atoms with Gasteiger partial charge in [0.1, 0.15) is 6.23 Å². The van der Waals surface area contributed by atoms with Gasteiger partial charge < -0.3 is 0 Å². The fourth-order valence-electron chi connectivity index (χ4n) is 1.04. The van der Waals surface area contributed by atoms with Crippen LogP contribution in [0.2, 0.25) is 0 Å². The van der Waals surface area contributed by atoms with Crippen LogP contribution in [-0.2, 0) is 5.11 Å². The van der Waals surface area contributed by atoms with Crippen LogP contribution in [0.3, 0.4) is 0 Å². The Morgan fingerprint density at radius 1 is 1.50 bits per heavy atom. The van der Waals surface area contributed by atoms with E-state index in [1.807, 2.05) is 11.9 Å². The predicted octanol–water partition coefficient (Wildman–Crippen LogP) is 0.859. The molecule has 0 aromatic rings. The molecule has 0 bridgehead atoms. The van der Waals surface area contributed by atoms with Crippen molar-refractivity contribution in [3.8, 4) is 0 Å². The Hall–Kier alpha value is -0.0800. The summed E-state index contributed by atoms with van der Waals surface area (Å²) in [6.45, 7) is 0.994. The molecule has 1 saturated heterocycles. The monoisotopic (exact) mass is 114 g/mol. The molecule has 2 heteroatoms. The molecule has 1 atom stereocenters. The van der Waals surface area contributed by atoms with Gasteiger partial charge in [-0.3, -0.25) is 4.90 Å². The lowest BCUT2D eigenvalue weighted by atomic mass is 10.1.